The van der Waals surface area contributed by atoms with Gasteiger partial charge in [0.2, 0.25) is 5.92 Å². The first-order valence-corrected chi connectivity index (χ1v) is 12.0. The summed E-state index contributed by atoms with van der Waals surface area (Å²) in [5.74, 6) is -3.79. The summed E-state index contributed by atoms with van der Waals surface area (Å²) in [7, 11) is 0. The fourth-order valence-electron chi connectivity index (χ4n) is 5.93. The predicted octanol–water partition coefficient (Wildman–Crippen LogP) is 7.10. The molecule has 10 heteroatoms. The molecule has 2 aromatic carbocycles. The number of hydrogen-bond donors (Lipinski definition) is 2. The minimum Gasteiger partial charge on any atom is -0.478 e. The number of ether oxygens (including phenoxy) is 1. The number of aromatic carboxylic acids is 1. The Balaban J connectivity index is 1.52. The van der Waals surface area contributed by atoms with Crippen molar-refractivity contribution in [1.82, 2.24) is 9.88 Å². The lowest BCUT2D eigenvalue weighted by molar-refractivity contribution is -0.186. The van der Waals surface area contributed by atoms with Crippen LogP contribution in [0.1, 0.15) is 58.8 Å². The zero-order chi connectivity index (χ0) is 25.9. The van der Waals surface area contributed by atoms with Crippen LogP contribution in [-0.2, 0) is 6.54 Å². The average Bonchev–Trinajstić information content (AvgIpc) is 3.25. The number of carboxylic acids is 1. The van der Waals surface area contributed by atoms with Crippen LogP contribution in [0.5, 0.6) is 5.75 Å². The van der Waals surface area contributed by atoms with Crippen LogP contribution in [0.4, 0.5) is 17.6 Å². The summed E-state index contributed by atoms with van der Waals surface area (Å²) in [6.07, 6.45) is 2.36. The van der Waals surface area contributed by atoms with Gasteiger partial charge in [-0.05, 0) is 67.1 Å². The molecule has 1 aliphatic carbocycles. The molecule has 2 fully saturated rings. The van der Waals surface area contributed by atoms with Crippen molar-refractivity contribution in [3.8, 4) is 5.75 Å². The lowest BCUT2D eigenvalue weighted by Gasteiger charge is -2.54. The number of nitrogens with zero attached hydrogens (tertiary/aromatic N) is 1. The number of hydrogen-bond acceptors (Lipinski definition) is 3. The molecule has 1 spiro atoms. The summed E-state index contributed by atoms with van der Waals surface area (Å²) in [5.41, 5.74) is -1.49. The Morgan fingerprint density at radius 2 is 1.94 bits per heavy atom. The maximum atomic E-state index is 13.9. The molecule has 1 aromatic heterocycles. The highest BCUT2D eigenvalue weighted by Gasteiger charge is 2.58. The molecule has 0 unspecified atom stereocenters. The van der Waals surface area contributed by atoms with E-state index in [0.717, 1.165) is 11.1 Å². The van der Waals surface area contributed by atoms with Crippen LogP contribution < -0.4 is 4.74 Å². The second-order valence-corrected chi connectivity index (χ2v) is 10.5. The number of aromatic amines is 1. The van der Waals surface area contributed by atoms with Gasteiger partial charge in [0.15, 0.2) is 0 Å². The van der Waals surface area contributed by atoms with Gasteiger partial charge in [-0.25, -0.2) is 13.6 Å². The summed E-state index contributed by atoms with van der Waals surface area (Å²) < 4.78 is 60.0. The van der Waals surface area contributed by atoms with Gasteiger partial charge in [0.25, 0.3) is 0 Å². The second-order valence-electron chi connectivity index (χ2n) is 10.1. The van der Waals surface area contributed by atoms with E-state index in [-0.39, 0.29) is 36.7 Å². The number of aryl methyl sites for hydroxylation is 1. The van der Waals surface area contributed by atoms with Gasteiger partial charge in [0.1, 0.15) is 5.75 Å². The van der Waals surface area contributed by atoms with Crippen LogP contribution in [0.25, 0.3) is 10.9 Å². The highest BCUT2D eigenvalue weighted by atomic mass is 35.5. The third kappa shape index (κ3) is 4.78. The molecule has 1 saturated carbocycles. The van der Waals surface area contributed by atoms with Crippen molar-refractivity contribution in [3.63, 3.8) is 0 Å². The molecule has 5 rings (SSSR count). The van der Waals surface area contributed by atoms with Crippen LogP contribution in [0.3, 0.4) is 0 Å². The zero-order valence-corrected chi connectivity index (χ0v) is 20.2. The minimum atomic E-state index is -3.90. The van der Waals surface area contributed by atoms with E-state index in [4.69, 9.17) is 16.3 Å². The van der Waals surface area contributed by atoms with Crippen LogP contribution in [0.2, 0.25) is 0 Å². The SMILES string of the molecule is Cc1cc(OC(F)(F)Cl)c(CN2CCC3(C[C@H]2c2ccc(C(=O)O)cc2)CC(F)(F)C3)c2cc[nH]c12. The summed E-state index contributed by atoms with van der Waals surface area (Å²) in [5, 5.41) is 9.97. The predicted molar refractivity (Wildman–Crippen MR) is 127 cm³/mol. The number of aromatic nitrogens is 1. The molecule has 3 aromatic rings. The zero-order valence-electron chi connectivity index (χ0n) is 19.5. The van der Waals surface area contributed by atoms with Crippen molar-refractivity contribution >= 4 is 28.5 Å². The molecule has 5 nitrogen and oxygen atoms in total. The largest absolute Gasteiger partial charge is 0.487 e. The van der Waals surface area contributed by atoms with E-state index in [0.29, 0.717) is 35.9 Å². The van der Waals surface area contributed by atoms with E-state index in [2.05, 4.69) is 9.88 Å². The Bertz CT molecular complexity index is 1300. The number of carbonyl (C=O) groups is 1. The van der Waals surface area contributed by atoms with Crippen LogP contribution in [0, 0.1) is 12.3 Å². The van der Waals surface area contributed by atoms with Gasteiger partial charge in [-0.15, -0.1) is 8.78 Å². The lowest BCUT2D eigenvalue weighted by Crippen LogP contribution is -2.53. The van der Waals surface area contributed by atoms with Gasteiger partial charge in [0.05, 0.1) is 5.56 Å². The van der Waals surface area contributed by atoms with Crippen molar-refractivity contribution in [1.29, 1.82) is 0 Å². The minimum absolute atomic E-state index is 0.0463. The highest BCUT2D eigenvalue weighted by molar-refractivity contribution is 6.20. The first-order valence-electron chi connectivity index (χ1n) is 11.7. The van der Waals surface area contributed by atoms with E-state index in [1.54, 1.807) is 31.3 Å². The summed E-state index contributed by atoms with van der Waals surface area (Å²) in [6.45, 7) is 2.46. The van der Waals surface area contributed by atoms with E-state index in [1.165, 1.54) is 18.2 Å². The molecule has 1 aliphatic heterocycles. The maximum absolute atomic E-state index is 13.9. The molecule has 0 bridgehead atoms. The van der Waals surface area contributed by atoms with E-state index in [9.17, 15) is 27.5 Å². The quantitative estimate of drug-likeness (QED) is 0.267. The number of halogens is 5. The number of H-pyrrole nitrogens is 1. The first-order chi connectivity index (χ1) is 16.8. The smallest absolute Gasteiger partial charge is 0.478 e. The van der Waals surface area contributed by atoms with Gasteiger partial charge < -0.3 is 14.8 Å². The standard InChI is InChI=1S/C26H25ClF4N2O3/c1-15-10-21(36-26(27,30)31)19(18-6-8-32-22(15)18)12-33-9-7-24(13-25(28,29)14-24)11-20(33)16-2-4-17(5-3-16)23(34)35/h2-6,8,10,20,32H,7,9,11-14H2,1H3,(H,34,35)/t20-/m0/s1. The fraction of sp³-hybridized carbons (Fsp3) is 0.423. The number of benzene rings is 2. The molecule has 2 aliphatic rings. The Morgan fingerprint density at radius 3 is 2.56 bits per heavy atom. The van der Waals surface area contributed by atoms with Crippen molar-refractivity contribution in [3.05, 3.63) is 64.8 Å². The highest BCUT2D eigenvalue weighted by Crippen LogP contribution is 2.60. The van der Waals surface area contributed by atoms with Crippen LogP contribution in [-0.4, -0.2) is 39.0 Å². The number of fused-ring (bicyclic) bond motifs is 1. The monoisotopic (exact) mass is 524 g/mol. The number of alkyl halides is 5. The molecule has 1 atom stereocenters. The normalized spacial score (nSPS) is 21.4. The van der Waals surface area contributed by atoms with Crippen molar-refractivity contribution in [2.75, 3.05) is 6.54 Å². The van der Waals surface area contributed by atoms with Crippen LogP contribution >= 0.6 is 11.6 Å². The molecule has 0 amide bonds. The van der Waals surface area contributed by atoms with Crippen molar-refractivity contribution in [2.24, 2.45) is 5.41 Å². The average molecular weight is 525 g/mol. The fourth-order valence-corrected chi connectivity index (χ4v) is 6.01. The number of rotatable bonds is 6. The third-order valence-corrected chi connectivity index (χ3v) is 7.58. The Labute approximate surface area is 210 Å². The molecule has 2 N–H and O–H groups in total. The second kappa shape index (κ2) is 8.66. The van der Waals surface area contributed by atoms with Gasteiger partial charge in [-0.1, -0.05) is 12.1 Å². The first kappa shape index (κ1) is 24.9. The third-order valence-electron chi connectivity index (χ3n) is 7.50. The molecule has 36 heavy (non-hydrogen) atoms. The van der Waals surface area contributed by atoms with E-state index < -0.39 is 22.9 Å². The van der Waals surface area contributed by atoms with Gasteiger partial charge in [-0.3, -0.25) is 4.90 Å². The Morgan fingerprint density at radius 1 is 1.25 bits per heavy atom. The van der Waals surface area contributed by atoms with Crippen molar-refractivity contribution < 1.29 is 32.2 Å². The maximum Gasteiger partial charge on any atom is 0.487 e. The molecule has 1 saturated heterocycles. The number of likely N-dealkylation sites (tertiary alicyclic amines) is 1. The number of nitrogens with one attached hydrogen (secondary N) is 1. The van der Waals surface area contributed by atoms with E-state index >= 15 is 0 Å². The van der Waals surface area contributed by atoms with E-state index in [1.807, 2.05) is 0 Å². The van der Waals surface area contributed by atoms with Gasteiger partial charge >= 0.3 is 11.5 Å². The number of piperidine rings is 1. The molecular weight excluding hydrogens is 500 g/mol. The Kier molecular flexibility index (Phi) is 5.99. The van der Waals surface area contributed by atoms with Gasteiger partial charge in [0, 0.05) is 59.7 Å². The van der Waals surface area contributed by atoms with Gasteiger partial charge in [-0.2, -0.15) is 0 Å². The summed E-state index contributed by atoms with van der Waals surface area (Å²) in [6, 6.07) is 9.36. The Hall–Kier alpha value is -2.78. The molecule has 192 valence electrons. The summed E-state index contributed by atoms with van der Waals surface area (Å²) in [4.78, 5) is 16.5. The molecular formula is C26H25ClF4N2O3. The van der Waals surface area contributed by atoms with Crippen LogP contribution in [0.15, 0.2) is 42.6 Å². The molecule has 0 radical (unpaired) electrons. The molecule has 2 heterocycles. The lowest BCUT2D eigenvalue weighted by atomic mass is 9.59. The van der Waals surface area contributed by atoms with Crippen molar-refractivity contribution in [2.45, 2.75) is 56.7 Å². The summed E-state index contributed by atoms with van der Waals surface area (Å²) >= 11 is 5.12. The topological polar surface area (TPSA) is 65.6 Å². The number of carboxylic acid groups (broad SMARTS) is 1.